The molecule has 1 amide bonds. The number of carbonyl (C=O) groups excluding carboxylic acids is 1. The first kappa shape index (κ1) is 26.5. The summed E-state index contributed by atoms with van der Waals surface area (Å²) in [5.74, 6) is 0.601. The summed E-state index contributed by atoms with van der Waals surface area (Å²) in [7, 11) is -2.06. The van der Waals surface area contributed by atoms with E-state index in [1.807, 2.05) is 36.4 Å². The second kappa shape index (κ2) is 11.6. The molecule has 0 aromatic heterocycles. The van der Waals surface area contributed by atoms with E-state index >= 15 is 0 Å². The van der Waals surface area contributed by atoms with Gasteiger partial charge in [0.2, 0.25) is 5.91 Å². The molecule has 0 unspecified atom stereocenters. The van der Waals surface area contributed by atoms with E-state index in [-0.39, 0.29) is 36.5 Å². The lowest BCUT2D eigenvalue weighted by atomic mass is 9.88. The van der Waals surface area contributed by atoms with Crippen LogP contribution in [0.25, 0.3) is 0 Å². The van der Waals surface area contributed by atoms with Crippen molar-refractivity contribution in [3.63, 3.8) is 0 Å². The van der Waals surface area contributed by atoms with Crippen LogP contribution in [-0.2, 0) is 21.2 Å². The van der Waals surface area contributed by atoms with Crippen LogP contribution in [0.1, 0.15) is 68.7 Å². The summed E-state index contributed by atoms with van der Waals surface area (Å²) in [6, 6.07) is 13.1. The molecule has 0 fully saturated rings. The minimum Gasteiger partial charge on any atom is -0.496 e. The summed E-state index contributed by atoms with van der Waals surface area (Å²) in [5.41, 5.74) is 1.75. The second-order valence-corrected chi connectivity index (χ2v) is 11.2. The molecule has 2 aromatic carbocycles. The SMILES string of the molecule is CCCC[C@]1(CC)CS(=O)(=O)c2cc(CNC(=O)CCCl)c(OC)cc2[C@@H](c2ccccc2)N1. The molecule has 0 spiro atoms. The Kier molecular flexibility index (Phi) is 9.01. The van der Waals surface area contributed by atoms with Crippen LogP contribution in [0.4, 0.5) is 0 Å². The highest BCUT2D eigenvalue weighted by Gasteiger charge is 2.42. The fourth-order valence-electron chi connectivity index (χ4n) is 4.62. The Morgan fingerprint density at radius 3 is 2.59 bits per heavy atom. The molecule has 0 saturated heterocycles. The molecular formula is C26H35ClN2O4S. The van der Waals surface area contributed by atoms with E-state index < -0.39 is 15.4 Å². The molecule has 2 aromatic rings. The van der Waals surface area contributed by atoms with Gasteiger partial charge in [-0.3, -0.25) is 10.1 Å². The maximum Gasteiger partial charge on any atom is 0.221 e. The second-order valence-electron chi connectivity index (χ2n) is 8.90. The predicted molar refractivity (Wildman–Crippen MR) is 136 cm³/mol. The Balaban J connectivity index is 2.16. The van der Waals surface area contributed by atoms with Crippen molar-refractivity contribution < 1.29 is 17.9 Å². The first-order valence-electron chi connectivity index (χ1n) is 11.9. The number of ether oxygens (including phenoxy) is 1. The Morgan fingerprint density at radius 1 is 1.24 bits per heavy atom. The monoisotopic (exact) mass is 506 g/mol. The Bertz CT molecular complexity index is 1090. The molecule has 1 aliphatic heterocycles. The van der Waals surface area contributed by atoms with Gasteiger partial charge in [0, 0.05) is 29.9 Å². The number of fused-ring (bicyclic) bond motifs is 1. The number of benzene rings is 2. The number of halogens is 1. The van der Waals surface area contributed by atoms with Crippen molar-refractivity contribution >= 4 is 27.3 Å². The molecule has 2 N–H and O–H groups in total. The van der Waals surface area contributed by atoms with Crippen molar-refractivity contribution in [3.05, 3.63) is 59.2 Å². The molecule has 8 heteroatoms. The van der Waals surface area contributed by atoms with Gasteiger partial charge < -0.3 is 10.1 Å². The maximum absolute atomic E-state index is 13.8. The van der Waals surface area contributed by atoms with Gasteiger partial charge in [0.1, 0.15) is 5.75 Å². The highest BCUT2D eigenvalue weighted by atomic mass is 35.5. The van der Waals surface area contributed by atoms with Crippen molar-refractivity contribution in [2.24, 2.45) is 0 Å². The van der Waals surface area contributed by atoms with E-state index in [0.29, 0.717) is 28.2 Å². The summed E-state index contributed by atoms with van der Waals surface area (Å²) < 4.78 is 33.3. The number of nitrogens with one attached hydrogen (secondary N) is 2. The summed E-state index contributed by atoms with van der Waals surface area (Å²) in [6.07, 6.45) is 3.60. The first-order valence-corrected chi connectivity index (χ1v) is 14.1. The molecule has 1 heterocycles. The van der Waals surface area contributed by atoms with Crippen LogP contribution in [0.3, 0.4) is 0 Å². The van der Waals surface area contributed by atoms with Gasteiger partial charge in [0.15, 0.2) is 9.84 Å². The number of methoxy groups -OCH3 is 1. The summed E-state index contributed by atoms with van der Waals surface area (Å²) >= 11 is 5.67. The number of carbonyl (C=O) groups is 1. The van der Waals surface area contributed by atoms with Gasteiger partial charge in [-0.1, -0.05) is 57.0 Å². The zero-order chi connectivity index (χ0) is 24.8. The Labute approximate surface area is 208 Å². The molecule has 34 heavy (non-hydrogen) atoms. The number of unbranched alkanes of at least 4 members (excludes halogenated alkanes) is 1. The topological polar surface area (TPSA) is 84.5 Å². The smallest absolute Gasteiger partial charge is 0.221 e. The Hall–Kier alpha value is -2.09. The Morgan fingerprint density at radius 2 is 1.97 bits per heavy atom. The quantitative estimate of drug-likeness (QED) is 0.454. The van der Waals surface area contributed by atoms with Crippen molar-refractivity contribution in [2.45, 2.75) is 69.0 Å². The lowest BCUT2D eigenvalue weighted by Gasteiger charge is -2.36. The fourth-order valence-corrected chi connectivity index (χ4v) is 6.97. The third-order valence-electron chi connectivity index (χ3n) is 6.59. The molecular weight excluding hydrogens is 472 g/mol. The van der Waals surface area contributed by atoms with Gasteiger partial charge in [-0.15, -0.1) is 11.6 Å². The highest BCUT2D eigenvalue weighted by Crippen LogP contribution is 2.40. The molecule has 186 valence electrons. The zero-order valence-corrected chi connectivity index (χ0v) is 21.8. The van der Waals surface area contributed by atoms with Crippen LogP contribution >= 0.6 is 11.6 Å². The third-order valence-corrected chi connectivity index (χ3v) is 8.74. The van der Waals surface area contributed by atoms with E-state index in [0.717, 1.165) is 24.8 Å². The number of sulfone groups is 1. The largest absolute Gasteiger partial charge is 0.496 e. The van der Waals surface area contributed by atoms with Crippen LogP contribution in [0, 0.1) is 0 Å². The van der Waals surface area contributed by atoms with Gasteiger partial charge in [-0.2, -0.15) is 0 Å². The molecule has 0 saturated carbocycles. The minimum atomic E-state index is -3.62. The summed E-state index contributed by atoms with van der Waals surface area (Å²) in [6.45, 7) is 4.34. The van der Waals surface area contributed by atoms with E-state index in [4.69, 9.17) is 16.3 Å². The fraction of sp³-hybridized carbons (Fsp3) is 0.500. The molecule has 1 aliphatic rings. The third kappa shape index (κ3) is 5.93. The maximum atomic E-state index is 13.8. The van der Waals surface area contributed by atoms with Crippen molar-refractivity contribution in [1.82, 2.24) is 10.6 Å². The number of hydrogen-bond acceptors (Lipinski definition) is 5. The normalized spacial score (nSPS) is 21.4. The van der Waals surface area contributed by atoms with Crippen molar-refractivity contribution in [3.8, 4) is 5.75 Å². The zero-order valence-electron chi connectivity index (χ0n) is 20.2. The minimum absolute atomic E-state index is 0.0250. The van der Waals surface area contributed by atoms with Gasteiger partial charge in [-0.25, -0.2) is 8.42 Å². The summed E-state index contributed by atoms with van der Waals surface area (Å²) in [4.78, 5) is 12.3. The van der Waals surface area contributed by atoms with Crippen LogP contribution in [0.5, 0.6) is 5.75 Å². The molecule has 0 radical (unpaired) electrons. The highest BCUT2D eigenvalue weighted by molar-refractivity contribution is 7.91. The standard InChI is InChI=1S/C26H35ClN2O4S/c1-4-6-13-26(5-2)18-34(31,32)23-15-20(17-28-24(30)12-14-27)22(33-3)16-21(23)25(29-26)19-10-8-7-9-11-19/h7-11,15-16,25,29H,4-6,12-14,17-18H2,1-3H3,(H,28,30)/t25-,26-/m1/s1. The summed E-state index contributed by atoms with van der Waals surface area (Å²) in [5, 5.41) is 6.57. The lowest BCUT2D eigenvalue weighted by molar-refractivity contribution is -0.120. The number of amides is 1. The average Bonchev–Trinajstić information content (AvgIpc) is 2.93. The van der Waals surface area contributed by atoms with Crippen LogP contribution < -0.4 is 15.4 Å². The lowest BCUT2D eigenvalue weighted by Crippen LogP contribution is -2.50. The van der Waals surface area contributed by atoms with E-state index in [1.165, 1.54) is 0 Å². The average molecular weight is 507 g/mol. The van der Waals surface area contributed by atoms with E-state index in [1.54, 1.807) is 13.2 Å². The van der Waals surface area contributed by atoms with Crippen LogP contribution in [0.15, 0.2) is 47.4 Å². The number of hydrogen-bond donors (Lipinski definition) is 2. The van der Waals surface area contributed by atoms with Gasteiger partial charge in [0.05, 0.1) is 23.8 Å². The molecule has 0 bridgehead atoms. The van der Waals surface area contributed by atoms with Gasteiger partial charge in [0.25, 0.3) is 0 Å². The van der Waals surface area contributed by atoms with E-state index in [9.17, 15) is 13.2 Å². The molecule has 0 aliphatic carbocycles. The van der Waals surface area contributed by atoms with Gasteiger partial charge >= 0.3 is 0 Å². The number of alkyl halides is 1. The molecule has 2 atom stereocenters. The van der Waals surface area contributed by atoms with Gasteiger partial charge in [-0.05, 0) is 36.1 Å². The first-order chi connectivity index (χ1) is 16.3. The van der Waals surface area contributed by atoms with Crippen molar-refractivity contribution in [1.29, 1.82) is 0 Å². The van der Waals surface area contributed by atoms with Crippen molar-refractivity contribution in [2.75, 3.05) is 18.7 Å². The molecule has 3 rings (SSSR count). The van der Waals surface area contributed by atoms with Crippen LogP contribution in [-0.4, -0.2) is 38.6 Å². The number of rotatable bonds is 10. The van der Waals surface area contributed by atoms with E-state index in [2.05, 4.69) is 24.5 Å². The van der Waals surface area contributed by atoms with Crippen LogP contribution in [0.2, 0.25) is 0 Å². The predicted octanol–water partition coefficient (Wildman–Crippen LogP) is 4.75. The molecule has 6 nitrogen and oxygen atoms in total.